The molecule has 2 aromatic rings. The second kappa shape index (κ2) is 8.87. The standard InChI is InChI=1S/C19H17IN2O5/c20-14-4-2-1-3-13(14)18(24)22-15(19(25)21-7-8-23)9-12-5-6-16-17(10-12)27-11-26-16/h1-6,9-10,23H,7-8,11H2,(H,21,25)(H,22,24). The number of benzene rings is 2. The molecular weight excluding hydrogens is 463 g/mol. The zero-order valence-electron chi connectivity index (χ0n) is 14.2. The molecule has 0 unspecified atom stereocenters. The van der Waals surface area contributed by atoms with Crippen LogP contribution in [0.4, 0.5) is 0 Å². The van der Waals surface area contributed by atoms with Gasteiger partial charge in [-0.3, -0.25) is 9.59 Å². The Morgan fingerprint density at radius 1 is 1.15 bits per heavy atom. The van der Waals surface area contributed by atoms with Crippen LogP contribution < -0.4 is 20.1 Å². The Morgan fingerprint density at radius 2 is 1.93 bits per heavy atom. The highest BCUT2D eigenvalue weighted by Gasteiger charge is 2.17. The molecule has 0 bridgehead atoms. The van der Waals surface area contributed by atoms with E-state index in [0.29, 0.717) is 22.6 Å². The summed E-state index contributed by atoms with van der Waals surface area (Å²) >= 11 is 2.06. The molecule has 2 aromatic carbocycles. The van der Waals surface area contributed by atoms with Gasteiger partial charge in [0.2, 0.25) is 6.79 Å². The van der Waals surface area contributed by atoms with Gasteiger partial charge in [-0.05, 0) is 58.5 Å². The molecule has 0 spiro atoms. The van der Waals surface area contributed by atoms with E-state index in [1.54, 1.807) is 36.4 Å². The number of amides is 2. The number of nitrogens with one attached hydrogen (secondary N) is 2. The van der Waals surface area contributed by atoms with E-state index in [1.807, 2.05) is 12.1 Å². The summed E-state index contributed by atoms with van der Waals surface area (Å²) in [5.41, 5.74) is 1.19. The predicted octanol–water partition coefficient (Wildman–Crippen LogP) is 1.90. The third-order valence-corrected chi connectivity index (χ3v) is 4.66. The van der Waals surface area contributed by atoms with Gasteiger partial charge >= 0.3 is 0 Å². The monoisotopic (exact) mass is 480 g/mol. The summed E-state index contributed by atoms with van der Waals surface area (Å²) in [5, 5.41) is 14.1. The largest absolute Gasteiger partial charge is 0.454 e. The summed E-state index contributed by atoms with van der Waals surface area (Å²) in [6.45, 7) is 0.0269. The van der Waals surface area contributed by atoms with E-state index in [9.17, 15) is 9.59 Å². The molecule has 27 heavy (non-hydrogen) atoms. The van der Waals surface area contributed by atoms with Crippen molar-refractivity contribution in [3.63, 3.8) is 0 Å². The number of fused-ring (bicyclic) bond motifs is 1. The third-order valence-electron chi connectivity index (χ3n) is 3.72. The Labute approximate surface area is 169 Å². The number of rotatable bonds is 6. The number of hydrogen-bond donors (Lipinski definition) is 3. The molecule has 0 aliphatic carbocycles. The van der Waals surface area contributed by atoms with Crippen LogP contribution in [0.3, 0.4) is 0 Å². The Hall–Kier alpha value is -2.59. The van der Waals surface area contributed by atoms with Crippen molar-refractivity contribution in [1.29, 1.82) is 0 Å². The molecule has 1 heterocycles. The second-order valence-electron chi connectivity index (χ2n) is 5.58. The van der Waals surface area contributed by atoms with Crippen molar-refractivity contribution in [3.8, 4) is 11.5 Å². The molecule has 3 N–H and O–H groups in total. The third kappa shape index (κ3) is 4.77. The van der Waals surface area contributed by atoms with Crippen LogP contribution in [0.15, 0.2) is 48.2 Å². The van der Waals surface area contributed by atoms with Gasteiger partial charge < -0.3 is 25.2 Å². The second-order valence-corrected chi connectivity index (χ2v) is 6.75. The molecule has 1 aliphatic rings. The zero-order valence-corrected chi connectivity index (χ0v) is 16.4. The number of carbonyl (C=O) groups excluding carboxylic acids is 2. The minimum absolute atomic E-state index is 0.0620. The van der Waals surface area contributed by atoms with Crippen LogP contribution in [0.5, 0.6) is 11.5 Å². The number of carbonyl (C=O) groups is 2. The lowest BCUT2D eigenvalue weighted by Gasteiger charge is -2.11. The van der Waals surface area contributed by atoms with E-state index in [0.717, 1.165) is 3.57 Å². The highest BCUT2D eigenvalue weighted by Crippen LogP contribution is 2.33. The number of halogens is 1. The lowest BCUT2D eigenvalue weighted by molar-refractivity contribution is -0.117. The fourth-order valence-corrected chi connectivity index (χ4v) is 3.06. The minimum atomic E-state index is -0.499. The van der Waals surface area contributed by atoms with E-state index < -0.39 is 11.8 Å². The first-order chi connectivity index (χ1) is 13.1. The molecular formula is C19H17IN2O5. The topological polar surface area (TPSA) is 96.9 Å². The fraction of sp³-hybridized carbons (Fsp3) is 0.158. The maximum absolute atomic E-state index is 12.6. The highest BCUT2D eigenvalue weighted by atomic mass is 127. The van der Waals surface area contributed by atoms with Crippen molar-refractivity contribution in [2.45, 2.75) is 0 Å². The van der Waals surface area contributed by atoms with Gasteiger partial charge in [-0.15, -0.1) is 0 Å². The summed E-state index contributed by atoms with van der Waals surface area (Å²) in [4.78, 5) is 25.0. The van der Waals surface area contributed by atoms with Gasteiger partial charge in [-0.1, -0.05) is 18.2 Å². The van der Waals surface area contributed by atoms with Gasteiger partial charge in [-0.25, -0.2) is 0 Å². The first-order valence-corrected chi connectivity index (χ1v) is 9.22. The Bertz CT molecular complexity index is 897. The number of aliphatic hydroxyl groups is 1. The number of aliphatic hydroxyl groups excluding tert-OH is 1. The molecule has 3 rings (SSSR count). The van der Waals surface area contributed by atoms with Crippen molar-refractivity contribution in [1.82, 2.24) is 10.6 Å². The smallest absolute Gasteiger partial charge is 0.267 e. The van der Waals surface area contributed by atoms with Crippen molar-refractivity contribution < 1.29 is 24.2 Å². The van der Waals surface area contributed by atoms with E-state index in [-0.39, 0.29) is 25.6 Å². The van der Waals surface area contributed by atoms with E-state index in [4.69, 9.17) is 14.6 Å². The summed E-state index contributed by atoms with van der Waals surface area (Å²) < 4.78 is 11.4. The Morgan fingerprint density at radius 3 is 2.70 bits per heavy atom. The van der Waals surface area contributed by atoms with Crippen molar-refractivity contribution >= 4 is 40.5 Å². The van der Waals surface area contributed by atoms with Crippen LogP contribution in [0.1, 0.15) is 15.9 Å². The molecule has 0 saturated carbocycles. The molecule has 7 nitrogen and oxygen atoms in total. The van der Waals surface area contributed by atoms with Gasteiger partial charge in [0, 0.05) is 10.1 Å². The normalized spacial score (nSPS) is 12.6. The SMILES string of the molecule is O=C(NCCO)C(=Cc1ccc2c(c1)OCO2)NC(=O)c1ccccc1I. The molecule has 140 valence electrons. The van der Waals surface area contributed by atoms with Gasteiger partial charge in [0.15, 0.2) is 11.5 Å². The molecule has 0 aromatic heterocycles. The van der Waals surface area contributed by atoms with Crippen LogP contribution in [-0.2, 0) is 4.79 Å². The first-order valence-electron chi connectivity index (χ1n) is 8.15. The quantitative estimate of drug-likeness (QED) is 0.434. The Balaban J connectivity index is 1.87. The predicted molar refractivity (Wildman–Crippen MR) is 107 cm³/mol. The lowest BCUT2D eigenvalue weighted by atomic mass is 10.1. The highest BCUT2D eigenvalue weighted by molar-refractivity contribution is 14.1. The molecule has 0 fully saturated rings. The van der Waals surface area contributed by atoms with Crippen LogP contribution in [-0.4, -0.2) is 36.9 Å². The van der Waals surface area contributed by atoms with Gasteiger partial charge in [0.05, 0.1) is 12.2 Å². The molecule has 1 aliphatic heterocycles. The van der Waals surface area contributed by atoms with Gasteiger partial charge in [0.25, 0.3) is 11.8 Å². The maximum atomic E-state index is 12.6. The number of ether oxygens (including phenoxy) is 2. The van der Waals surface area contributed by atoms with Crippen molar-refractivity contribution in [2.24, 2.45) is 0 Å². The minimum Gasteiger partial charge on any atom is -0.454 e. The molecule has 0 atom stereocenters. The van der Waals surface area contributed by atoms with Crippen LogP contribution in [0, 0.1) is 3.57 Å². The van der Waals surface area contributed by atoms with Crippen LogP contribution >= 0.6 is 22.6 Å². The first kappa shape index (κ1) is 19.2. The lowest BCUT2D eigenvalue weighted by Crippen LogP contribution is -2.36. The molecule has 0 saturated heterocycles. The van der Waals surface area contributed by atoms with Crippen LogP contribution in [0.2, 0.25) is 0 Å². The van der Waals surface area contributed by atoms with Crippen LogP contribution in [0.25, 0.3) is 6.08 Å². The summed E-state index contributed by atoms with van der Waals surface area (Å²) in [6, 6.07) is 12.3. The zero-order chi connectivity index (χ0) is 19.2. The van der Waals surface area contributed by atoms with E-state index in [2.05, 4.69) is 33.2 Å². The summed E-state index contributed by atoms with van der Waals surface area (Å²) in [6.07, 6.45) is 1.54. The van der Waals surface area contributed by atoms with Crippen molar-refractivity contribution in [3.05, 3.63) is 62.9 Å². The fourth-order valence-electron chi connectivity index (χ4n) is 2.43. The molecule has 8 heteroatoms. The average Bonchev–Trinajstić information content (AvgIpc) is 3.13. The van der Waals surface area contributed by atoms with E-state index >= 15 is 0 Å². The summed E-state index contributed by atoms with van der Waals surface area (Å²) in [5.74, 6) is 0.302. The number of hydrogen-bond acceptors (Lipinski definition) is 5. The van der Waals surface area contributed by atoms with Gasteiger partial charge in [-0.2, -0.15) is 0 Å². The van der Waals surface area contributed by atoms with E-state index in [1.165, 1.54) is 0 Å². The molecule has 0 radical (unpaired) electrons. The van der Waals surface area contributed by atoms with Crippen molar-refractivity contribution in [2.75, 3.05) is 19.9 Å². The Kier molecular flexibility index (Phi) is 6.30. The van der Waals surface area contributed by atoms with Gasteiger partial charge in [0.1, 0.15) is 5.70 Å². The maximum Gasteiger partial charge on any atom is 0.267 e. The molecule has 2 amide bonds. The summed E-state index contributed by atoms with van der Waals surface area (Å²) in [7, 11) is 0. The average molecular weight is 480 g/mol.